The van der Waals surface area contributed by atoms with Crippen LogP contribution in [0.3, 0.4) is 0 Å². The molecule has 1 fully saturated rings. The molecule has 6 unspecified atom stereocenters. The van der Waals surface area contributed by atoms with E-state index in [-0.39, 0.29) is 60.7 Å². The van der Waals surface area contributed by atoms with E-state index in [1.165, 1.54) is 6.92 Å². The minimum absolute atomic E-state index is 0.117. The van der Waals surface area contributed by atoms with Crippen LogP contribution in [0.1, 0.15) is 73.6 Å². The molecule has 1 heterocycles. The van der Waals surface area contributed by atoms with Crippen molar-refractivity contribution in [2.75, 3.05) is 0 Å². The maximum atomic E-state index is 12.6. The summed E-state index contributed by atoms with van der Waals surface area (Å²) in [7, 11) is 0. The predicted octanol–water partition coefficient (Wildman–Crippen LogP) is 1.46. The SMILES string of the molecule is CCC(C)C(CC(=O)NC(C)CC1OC1O)NC(=O)CC(CC(C)C)NC(C)=O. The third kappa shape index (κ3) is 10.6. The lowest BCUT2D eigenvalue weighted by Crippen LogP contribution is -2.46. The van der Waals surface area contributed by atoms with Gasteiger partial charge in [0.2, 0.25) is 17.7 Å². The largest absolute Gasteiger partial charge is 0.366 e. The highest BCUT2D eigenvalue weighted by Crippen LogP contribution is 2.23. The maximum absolute atomic E-state index is 12.6. The highest BCUT2D eigenvalue weighted by Gasteiger charge is 2.38. The zero-order chi connectivity index (χ0) is 22.1. The monoisotopic (exact) mass is 413 g/mol. The van der Waals surface area contributed by atoms with Gasteiger partial charge in [0, 0.05) is 37.9 Å². The molecule has 1 aliphatic heterocycles. The van der Waals surface area contributed by atoms with Gasteiger partial charge in [-0.05, 0) is 31.6 Å². The second kappa shape index (κ2) is 12.1. The van der Waals surface area contributed by atoms with E-state index in [2.05, 4.69) is 16.0 Å². The lowest BCUT2D eigenvalue weighted by Gasteiger charge is -2.26. The predicted molar refractivity (Wildman–Crippen MR) is 111 cm³/mol. The fraction of sp³-hybridized carbons (Fsp3) is 0.857. The minimum Gasteiger partial charge on any atom is -0.366 e. The molecule has 0 aromatic carbocycles. The van der Waals surface area contributed by atoms with Gasteiger partial charge in [0.15, 0.2) is 6.29 Å². The molecule has 8 heteroatoms. The average molecular weight is 414 g/mol. The van der Waals surface area contributed by atoms with Crippen molar-refractivity contribution in [2.45, 2.75) is 104 Å². The van der Waals surface area contributed by atoms with Gasteiger partial charge in [-0.15, -0.1) is 0 Å². The zero-order valence-electron chi connectivity index (χ0n) is 18.7. The molecule has 8 nitrogen and oxygen atoms in total. The van der Waals surface area contributed by atoms with E-state index in [0.29, 0.717) is 18.8 Å². The Labute approximate surface area is 174 Å². The Hall–Kier alpha value is -1.67. The fourth-order valence-electron chi connectivity index (χ4n) is 3.46. The second-order valence-corrected chi connectivity index (χ2v) is 8.76. The van der Waals surface area contributed by atoms with Gasteiger partial charge in [-0.25, -0.2) is 0 Å². The number of nitrogens with one attached hydrogen (secondary N) is 3. The molecule has 1 aliphatic rings. The molecule has 1 saturated heterocycles. The van der Waals surface area contributed by atoms with Crippen molar-refractivity contribution in [2.24, 2.45) is 11.8 Å². The highest BCUT2D eigenvalue weighted by atomic mass is 16.7. The number of hydrogen-bond donors (Lipinski definition) is 4. The van der Waals surface area contributed by atoms with Crippen LogP contribution < -0.4 is 16.0 Å². The van der Waals surface area contributed by atoms with Crippen molar-refractivity contribution >= 4 is 17.7 Å². The Morgan fingerprint density at radius 1 is 1.00 bits per heavy atom. The number of rotatable bonds is 13. The number of aliphatic hydroxyl groups excluding tert-OH is 1. The average Bonchev–Trinajstić information content (AvgIpc) is 3.26. The number of epoxide rings is 1. The lowest BCUT2D eigenvalue weighted by atomic mass is 9.94. The first-order valence-electron chi connectivity index (χ1n) is 10.7. The summed E-state index contributed by atoms with van der Waals surface area (Å²) >= 11 is 0. The van der Waals surface area contributed by atoms with E-state index in [4.69, 9.17) is 4.74 Å². The van der Waals surface area contributed by atoms with E-state index in [1.54, 1.807) is 0 Å². The molecule has 0 saturated carbocycles. The number of carbonyl (C=O) groups is 3. The van der Waals surface area contributed by atoms with E-state index in [0.717, 1.165) is 6.42 Å². The van der Waals surface area contributed by atoms with Crippen LogP contribution in [0.15, 0.2) is 0 Å². The van der Waals surface area contributed by atoms with Gasteiger partial charge in [0.05, 0.1) is 0 Å². The lowest BCUT2D eigenvalue weighted by molar-refractivity contribution is -0.125. The zero-order valence-corrected chi connectivity index (χ0v) is 18.7. The molecule has 1 rings (SSSR count). The molecule has 0 aromatic rings. The summed E-state index contributed by atoms with van der Waals surface area (Å²) in [6.45, 7) is 11.4. The first-order chi connectivity index (χ1) is 13.5. The molecular formula is C21H39N3O5. The molecule has 3 amide bonds. The van der Waals surface area contributed by atoms with E-state index >= 15 is 0 Å². The summed E-state index contributed by atoms with van der Waals surface area (Å²) in [6.07, 6.45) is 1.56. The third-order valence-electron chi connectivity index (χ3n) is 5.23. The summed E-state index contributed by atoms with van der Waals surface area (Å²) < 4.78 is 4.97. The van der Waals surface area contributed by atoms with Gasteiger partial charge in [-0.1, -0.05) is 34.1 Å². The van der Waals surface area contributed by atoms with Crippen molar-refractivity contribution in [3.05, 3.63) is 0 Å². The first kappa shape index (κ1) is 25.4. The van der Waals surface area contributed by atoms with Gasteiger partial charge < -0.3 is 25.8 Å². The van der Waals surface area contributed by atoms with Crippen LogP contribution in [0.2, 0.25) is 0 Å². The second-order valence-electron chi connectivity index (χ2n) is 8.76. The normalized spacial score (nSPS) is 22.3. The van der Waals surface area contributed by atoms with Crippen LogP contribution in [0.25, 0.3) is 0 Å². The standard InChI is InChI=1S/C21H39N3O5/c1-7-13(4)17(11-20(27)22-14(5)9-18-21(28)29-18)24-19(26)10-16(8-12(2)3)23-15(6)25/h12-14,16-18,21,28H,7-11H2,1-6H3,(H,22,27)(H,23,25)(H,24,26). The van der Waals surface area contributed by atoms with Crippen LogP contribution >= 0.6 is 0 Å². The Morgan fingerprint density at radius 3 is 2.07 bits per heavy atom. The summed E-state index contributed by atoms with van der Waals surface area (Å²) in [6, 6.07) is -0.614. The molecule has 0 radical (unpaired) electrons. The van der Waals surface area contributed by atoms with Gasteiger partial charge in [0.25, 0.3) is 0 Å². The van der Waals surface area contributed by atoms with E-state index in [1.807, 2.05) is 34.6 Å². The van der Waals surface area contributed by atoms with Gasteiger partial charge in [-0.3, -0.25) is 14.4 Å². The van der Waals surface area contributed by atoms with Crippen molar-refractivity contribution in [1.82, 2.24) is 16.0 Å². The van der Waals surface area contributed by atoms with Crippen molar-refractivity contribution in [3.63, 3.8) is 0 Å². The molecule has 6 atom stereocenters. The smallest absolute Gasteiger partial charge is 0.222 e. The molecule has 168 valence electrons. The van der Waals surface area contributed by atoms with Crippen LogP contribution in [0.5, 0.6) is 0 Å². The molecule has 29 heavy (non-hydrogen) atoms. The fourth-order valence-corrected chi connectivity index (χ4v) is 3.46. The number of hydrogen-bond acceptors (Lipinski definition) is 5. The quantitative estimate of drug-likeness (QED) is 0.341. The molecule has 0 spiro atoms. The van der Waals surface area contributed by atoms with Gasteiger partial charge >= 0.3 is 0 Å². The Morgan fingerprint density at radius 2 is 1.59 bits per heavy atom. The van der Waals surface area contributed by atoms with E-state index in [9.17, 15) is 19.5 Å². The molecule has 0 aromatic heterocycles. The number of ether oxygens (including phenoxy) is 1. The molecular weight excluding hydrogens is 374 g/mol. The Balaban J connectivity index is 2.58. The molecule has 0 aliphatic carbocycles. The van der Waals surface area contributed by atoms with Crippen molar-refractivity contribution < 1.29 is 24.2 Å². The van der Waals surface area contributed by atoms with Crippen molar-refractivity contribution in [3.8, 4) is 0 Å². The molecule has 4 N–H and O–H groups in total. The van der Waals surface area contributed by atoms with Gasteiger partial charge in [0.1, 0.15) is 6.10 Å². The summed E-state index contributed by atoms with van der Waals surface area (Å²) in [5.41, 5.74) is 0. The first-order valence-corrected chi connectivity index (χ1v) is 10.7. The number of aliphatic hydroxyl groups is 1. The maximum Gasteiger partial charge on any atom is 0.222 e. The Bertz CT molecular complexity index is 554. The van der Waals surface area contributed by atoms with Crippen LogP contribution in [0.4, 0.5) is 0 Å². The topological polar surface area (TPSA) is 120 Å². The van der Waals surface area contributed by atoms with Crippen LogP contribution in [0, 0.1) is 11.8 Å². The highest BCUT2D eigenvalue weighted by molar-refractivity contribution is 5.81. The number of amides is 3. The minimum atomic E-state index is -0.719. The molecule has 0 bridgehead atoms. The third-order valence-corrected chi connectivity index (χ3v) is 5.23. The van der Waals surface area contributed by atoms with Gasteiger partial charge in [-0.2, -0.15) is 0 Å². The van der Waals surface area contributed by atoms with Crippen molar-refractivity contribution in [1.29, 1.82) is 0 Å². The van der Waals surface area contributed by atoms with Crippen LogP contribution in [-0.2, 0) is 19.1 Å². The summed E-state index contributed by atoms with van der Waals surface area (Å²) in [5, 5.41) is 18.0. The number of carbonyl (C=O) groups excluding carboxylic acids is 3. The summed E-state index contributed by atoms with van der Waals surface area (Å²) in [5.74, 6) is 0.0353. The Kier molecular flexibility index (Phi) is 10.6. The van der Waals surface area contributed by atoms with E-state index < -0.39 is 6.29 Å². The summed E-state index contributed by atoms with van der Waals surface area (Å²) in [4.78, 5) is 36.5. The van der Waals surface area contributed by atoms with Crippen LogP contribution in [-0.4, -0.2) is 53.3 Å².